The van der Waals surface area contributed by atoms with E-state index in [1.54, 1.807) is 0 Å². The zero-order valence-corrected chi connectivity index (χ0v) is 41.5. The summed E-state index contributed by atoms with van der Waals surface area (Å²) in [4.78, 5) is 0. The van der Waals surface area contributed by atoms with Crippen LogP contribution in [0.5, 0.6) is 0 Å². The first-order valence-corrected chi connectivity index (χ1v) is 27.6. The molecule has 0 aliphatic heterocycles. The van der Waals surface area contributed by atoms with Crippen LogP contribution in [-0.4, -0.2) is 65.4 Å². The van der Waals surface area contributed by atoms with E-state index in [-0.39, 0.29) is 28.9 Å². The average molecular weight is 905 g/mol. The Balaban J connectivity index is 0.000000260. The van der Waals surface area contributed by atoms with E-state index in [9.17, 15) is 20.4 Å². The molecule has 0 saturated heterocycles. The van der Waals surface area contributed by atoms with Crippen molar-refractivity contribution in [2.75, 3.05) is 6.61 Å². The van der Waals surface area contributed by atoms with Gasteiger partial charge in [-0.05, 0) is 147 Å². The van der Waals surface area contributed by atoms with Gasteiger partial charge in [0.25, 0.3) is 0 Å². The van der Waals surface area contributed by atoms with Crippen molar-refractivity contribution in [2.24, 2.45) is 29.1 Å². The molecule has 0 bridgehead atoms. The highest BCUT2D eigenvalue weighted by atomic mass is 31.1. The van der Waals surface area contributed by atoms with Gasteiger partial charge in [0, 0.05) is 25.3 Å². The average Bonchev–Trinajstić information content (AvgIpc) is 3.63. The van der Waals surface area contributed by atoms with E-state index in [0.29, 0.717) is 49.2 Å². The first-order chi connectivity index (χ1) is 32.0. The van der Waals surface area contributed by atoms with Crippen LogP contribution in [0.15, 0.2) is 120 Å². The van der Waals surface area contributed by atoms with Crippen molar-refractivity contribution >= 4 is 27.1 Å². The first-order valence-electron chi connectivity index (χ1n) is 26.5. The minimum atomic E-state index is -3.24. The molecule has 4 aliphatic carbocycles. The Labute approximate surface area is 393 Å². The van der Waals surface area contributed by atoms with Crippen molar-refractivity contribution in [3.05, 3.63) is 120 Å². The van der Waals surface area contributed by atoms with Crippen LogP contribution in [0, 0.1) is 29.1 Å². The molecule has 0 radical (unpaired) electrons. The Kier molecular flexibility index (Phi) is 15.0. The Morgan fingerprint density at radius 2 is 1.56 bits per heavy atom. The third-order valence-corrected chi connectivity index (χ3v) is 21.5. The number of hydrogen-bond acceptors (Lipinski definition) is 6. The first kappa shape index (κ1) is 43.1. The number of aliphatic hydroxyl groups is 4. The molecule has 8 heteroatoms. The molecule has 6 nitrogen and oxygen atoms in total. The number of benzene rings is 2. The second-order valence-electron chi connectivity index (χ2n) is 20.9. The highest BCUT2D eigenvalue weighted by Crippen LogP contribution is 2.60. The summed E-state index contributed by atoms with van der Waals surface area (Å²) >= 11 is 0. The number of fused-ring (bicyclic) bond motifs is 1. The number of aliphatic hydroxyl groups excluding tert-OH is 3. The number of hydrogen-bond donors (Lipinski definition) is 4. The van der Waals surface area contributed by atoms with Gasteiger partial charge in [0.1, 0.15) is 0 Å². The van der Waals surface area contributed by atoms with Gasteiger partial charge in [-0.2, -0.15) is 0 Å². The third kappa shape index (κ3) is 13.3. The quantitative estimate of drug-likeness (QED) is 0.118. The fraction of sp³-hybridized carbons (Fsp3) is 0.600. The van der Waals surface area contributed by atoms with Crippen LogP contribution in [0.25, 0.3) is 0 Å². The van der Waals surface area contributed by atoms with Gasteiger partial charge in [-0.15, -0.1) is 0 Å². The number of rotatable bonds is 13. The maximum atomic E-state index is 10.6. The fourth-order valence-corrected chi connectivity index (χ4v) is 13.3. The van der Waals surface area contributed by atoms with Crippen LogP contribution in [0.1, 0.15) is 134 Å². The molecule has 4 fully saturated rings. The summed E-state index contributed by atoms with van der Waals surface area (Å²) in [5, 5.41) is 44.1. The van der Waals surface area contributed by atoms with E-state index in [4.69, 9.17) is 17.2 Å². The van der Waals surface area contributed by atoms with Crippen molar-refractivity contribution in [2.45, 2.75) is 174 Å². The minimum Gasteiger partial charge on any atom is -0.410 e. The van der Waals surface area contributed by atoms with Gasteiger partial charge in [0.2, 0.25) is 0 Å². The van der Waals surface area contributed by atoms with Crippen molar-refractivity contribution in [1.29, 1.82) is 0 Å². The van der Waals surface area contributed by atoms with Gasteiger partial charge < -0.3 is 29.4 Å². The van der Waals surface area contributed by atoms with E-state index in [0.717, 1.165) is 56.1 Å². The molecule has 6 rings (SSSR count). The molecule has 4 saturated carbocycles. The van der Waals surface area contributed by atoms with E-state index in [1.807, 2.05) is 6.08 Å². The lowest BCUT2D eigenvalue weighted by atomic mass is 9.60. The summed E-state index contributed by atoms with van der Waals surface area (Å²) in [7, 11) is -2.70. The molecule has 4 aliphatic rings. The molecule has 9 atom stereocenters. The highest BCUT2D eigenvalue weighted by molar-refractivity contribution is 7.68. The molecule has 0 heterocycles. The van der Waals surface area contributed by atoms with Crippen LogP contribution >= 0.6 is 8.15 Å². The molecular weight excluding hydrogens is 816 g/mol. The zero-order chi connectivity index (χ0) is 51.3. The van der Waals surface area contributed by atoms with Gasteiger partial charge in [0.05, 0.1) is 44.8 Å². The second kappa shape index (κ2) is 21.9. The molecular formula is C55H83O6PSi. The van der Waals surface area contributed by atoms with Crippen LogP contribution in [-0.2, 0) is 8.95 Å². The monoisotopic (exact) mass is 905 g/mol. The largest absolute Gasteiger partial charge is 0.410 e. The Bertz CT molecular complexity index is 2080. The zero-order valence-electron chi connectivity index (χ0n) is 45.6. The van der Waals surface area contributed by atoms with Crippen LogP contribution < -0.4 is 10.6 Å². The van der Waals surface area contributed by atoms with Crippen molar-refractivity contribution in [3.63, 3.8) is 0 Å². The van der Waals surface area contributed by atoms with Crippen LogP contribution in [0.4, 0.5) is 0 Å². The summed E-state index contributed by atoms with van der Waals surface area (Å²) in [5.74, 6) is 1.40. The number of allylic oxidation sites excluding steroid dienone is 3. The predicted molar refractivity (Wildman–Crippen MR) is 268 cm³/mol. The van der Waals surface area contributed by atoms with Gasteiger partial charge in [-0.1, -0.05) is 139 Å². The minimum absolute atomic E-state index is 0.0277. The smallest absolute Gasteiger partial charge is 0.192 e. The third-order valence-electron chi connectivity index (χ3n) is 15.1. The standard InChI is InChI=1S/C28H39O2PSi.C27H44O4/c1-22-20-24(23(2)27(21-22)30-32(6,7)28(3,4)5)18-19-29-31(25-14-10-8-11-15-25)26-16-12-9-13-17-26;1-17(8-13-25(30)26(3,4)31)22-11-12-23-19(7-6-14-27(22,23)5)9-10-20-15-21(28)16-24(29)18(20)2/h8-18,22,27H,2,19-21H2,1,3-7H3;9-10,17,21-25,28-31H,2,6-8,11-16H2,1,3-5H3/b24-18-;19-9+,20-10-/t22-,27+;17-,21-,22-,23+,24+,25-,27-/m11/s1/i;3D3,4D3. The Morgan fingerprint density at radius 1 is 0.921 bits per heavy atom. The maximum absolute atomic E-state index is 10.6. The van der Waals surface area contributed by atoms with Crippen molar-refractivity contribution in [1.82, 2.24) is 0 Å². The molecule has 2 aromatic carbocycles. The van der Waals surface area contributed by atoms with Crippen molar-refractivity contribution < 1.29 is 37.6 Å². The summed E-state index contributed by atoms with van der Waals surface area (Å²) in [5.41, 5.74) is 2.24. The highest BCUT2D eigenvalue weighted by Gasteiger charge is 2.50. The molecule has 0 amide bonds. The van der Waals surface area contributed by atoms with Crippen LogP contribution in [0.3, 0.4) is 0 Å². The lowest BCUT2D eigenvalue weighted by Crippen LogP contribution is -2.45. The Hall–Kier alpha value is -2.45. The van der Waals surface area contributed by atoms with E-state index < -0.39 is 54.1 Å². The SMILES string of the molecule is C=C1/C(=C\COP(c2ccccc2)c2ccccc2)C[C@@H](C)C[C@@H]1O[Si](C)(C)C(C)(C)C.[2H]C([2H])([2H])C(O)([C@H](O)CC[C@@H](C)[C@H]1CC[C@H]2/C(=C/C=C3/C[C@@H](O)C[C@H](O)C3=C)CCC[C@]12C)C([2H])([2H])[2H]. The molecule has 0 spiro atoms. The molecule has 0 unspecified atom stereocenters. The molecule has 63 heavy (non-hydrogen) atoms. The van der Waals surface area contributed by atoms with Crippen LogP contribution in [0.2, 0.25) is 18.1 Å². The van der Waals surface area contributed by atoms with Gasteiger partial charge in [-0.3, -0.25) is 0 Å². The van der Waals surface area contributed by atoms with Gasteiger partial charge in [0.15, 0.2) is 8.32 Å². The fourth-order valence-electron chi connectivity index (χ4n) is 10.3. The van der Waals surface area contributed by atoms with E-state index in [2.05, 4.69) is 141 Å². The summed E-state index contributed by atoms with van der Waals surface area (Å²) < 4.78 is 58.7. The maximum Gasteiger partial charge on any atom is 0.192 e. The van der Waals surface area contributed by atoms with Crippen molar-refractivity contribution in [3.8, 4) is 0 Å². The molecule has 348 valence electrons. The lowest BCUT2D eigenvalue weighted by Gasteiger charge is -2.44. The summed E-state index contributed by atoms with van der Waals surface area (Å²) in [6.45, 7) is 20.9. The molecule has 4 N–H and O–H groups in total. The summed E-state index contributed by atoms with van der Waals surface area (Å²) in [6.07, 6.45) is 11.7. The lowest BCUT2D eigenvalue weighted by molar-refractivity contribution is -0.0554. The second-order valence-corrected chi connectivity index (χ2v) is 27.6. The van der Waals surface area contributed by atoms with E-state index >= 15 is 0 Å². The normalized spacial score (nSPS) is 31.9. The topological polar surface area (TPSA) is 99.4 Å². The molecule has 0 aromatic heterocycles. The van der Waals surface area contributed by atoms with E-state index in [1.165, 1.54) is 21.8 Å². The van der Waals surface area contributed by atoms with Gasteiger partial charge in [-0.25, -0.2) is 0 Å². The Morgan fingerprint density at radius 3 is 2.16 bits per heavy atom. The molecule has 2 aromatic rings. The summed E-state index contributed by atoms with van der Waals surface area (Å²) in [6, 6.07) is 21.1. The van der Waals surface area contributed by atoms with Gasteiger partial charge >= 0.3 is 0 Å². The predicted octanol–water partition coefficient (Wildman–Crippen LogP) is 12.0.